The van der Waals surface area contributed by atoms with Gasteiger partial charge in [-0.25, -0.2) is 4.98 Å². The quantitative estimate of drug-likeness (QED) is 0.681. The number of carbonyl (C=O) groups is 1. The van der Waals surface area contributed by atoms with Gasteiger partial charge in [0.1, 0.15) is 17.7 Å². The van der Waals surface area contributed by atoms with E-state index in [2.05, 4.69) is 27.9 Å². The zero-order valence-corrected chi connectivity index (χ0v) is 14.1. The summed E-state index contributed by atoms with van der Waals surface area (Å²) in [5.74, 6) is 0.915. The maximum atomic E-state index is 11.9. The van der Waals surface area contributed by atoms with Gasteiger partial charge in [0.25, 0.3) is 0 Å². The Labute approximate surface area is 135 Å². The Balaban J connectivity index is 2.79. The van der Waals surface area contributed by atoms with Crippen molar-refractivity contribution < 1.29 is 4.79 Å². The molecule has 0 bridgehead atoms. The van der Waals surface area contributed by atoms with E-state index in [0.717, 1.165) is 19.4 Å². The highest BCUT2D eigenvalue weighted by atomic mass is 35.5. The Bertz CT molecular complexity index is 482. The third-order valence-corrected chi connectivity index (χ3v) is 3.34. The van der Waals surface area contributed by atoms with Crippen molar-refractivity contribution >= 4 is 40.7 Å². The molecule has 1 rings (SSSR count). The van der Waals surface area contributed by atoms with E-state index in [-0.39, 0.29) is 5.91 Å². The molecular weight excluding hydrogens is 311 g/mol. The molecule has 0 spiro atoms. The molecule has 7 heteroatoms. The molecule has 1 aromatic heterocycles. The lowest BCUT2D eigenvalue weighted by molar-refractivity contribution is -0.121. The monoisotopic (exact) mass is 332 g/mol. The molecule has 0 aliphatic carbocycles. The van der Waals surface area contributed by atoms with Gasteiger partial charge in [-0.3, -0.25) is 4.79 Å². The number of carbonyl (C=O) groups excluding carboxylic acids is 1. The summed E-state index contributed by atoms with van der Waals surface area (Å²) >= 11 is 12.2. The van der Waals surface area contributed by atoms with Crippen molar-refractivity contribution in [3.05, 3.63) is 16.1 Å². The standard InChI is InChI=1S/C14H22Cl2N4O/c1-4-6-17-12-10(15)8-11(16)13(20-12)19-9(3)14(21)18-7-5-2/h8-9H,4-7H2,1-3H3,(H,18,21)(H2,17,19,20). The SMILES string of the molecule is CCCNC(=O)C(C)Nc1nc(NCCC)c(Cl)cc1Cl. The van der Waals surface area contributed by atoms with E-state index in [1.807, 2.05) is 6.92 Å². The lowest BCUT2D eigenvalue weighted by Crippen LogP contribution is -2.38. The number of hydrogen-bond acceptors (Lipinski definition) is 4. The number of anilines is 2. The molecule has 0 aliphatic heterocycles. The van der Waals surface area contributed by atoms with E-state index in [0.29, 0.717) is 28.2 Å². The fraction of sp³-hybridized carbons (Fsp3) is 0.571. The number of aromatic nitrogens is 1. The fourth-order valence-electron chi connectivity index (χ4n) is 1.61. The topological polar surface area (TPSA) is 66.0 Å². The Hall–Kier alpha value is -1.20. The van der Waals surface area contributed by atoms with Gasteiger partial charge in [0.2, 0.25) is 5.91 Å². The van der Waals surface area contributed by atoms with Crippen LogP contribution in [0.2, 0.25) is 10.0 Å². The van der Waals surface area contributed by atoms with Gasteiger partial charge in [-0.2, -0.15) is 0 Å². The van der Waals surface area contributed by atoms with E-state index >= 15 is 0 Å². The van der Waals surface area contributed by atoms with Gasteiger partial charge in [0, 0.05) is 13.1 Å². The van der Waals surface area contributed by atoms with Gasteiger partial charge < -0.3 is 16.0 Å². The van der Waals surface area contributed by atoms with Crippen LogP contribution in [0, 0.1) is 0 Å². The Morgan fingerprint density at radius 1 is 1.19 bits per heavy atom. The summed E-state index contributed by atoms with van der Waals surface area (Å²) in [4.78, 5) is 16.2. The van der Waals surface area contributed by atoms with Crippen LogP contribution in [-0.4, -0.2) is 30.0 Å². The highest BCUT2D eigenvalue weighted by molar-refractivity contribution is 6.37. The largest absolute Gasteiger partial charge is 0.369 e. The molecule has 0 aliphatic rings. The molecule has 5 nitrogen and oxygen atoms in total. The van der Waals surface area contributed by atoms with Crippen LogP contribution in [0.5, 0.6) is 0 Å². The van der Waals surface area contributed by atoms with Crippen LogP contribution in [0.3, 0.4) is 0 Å². The predicted octanol–water partition coefficient (Wildman–Crippen LogP) is 3.54. The maximum absolute atomic E-state index is 11.9. The van der Waals surface area contributed by atoms with E-state index in [9.17, 15) is 4.79 Å². The number of pyridine rings is 1. The molecule has 21 heavy (non-hydrogen) atoms. The van der Waals surface area contributed by atoms with Gasteiger partial charge in [-0.1, -0.05) is 37.0 Å². The van der Waals surface area contributed by atoms with Crippen molar-refractivity contribution in [1.29, 1.82) is 0 Å². The number of nitrogens with one attached hydrogen (secondary N) is 3. The number of halogens is 2. The summed E-state index contributed by atoms with van der Waals surface area (Å²) in [6.45, 7) is 7.23. The van der Waals surface area contributed by atoms with Crippen molar-refractivity contribution in [2.75, 3.05) is 23.7 Å². The zero-order chi connectivity index (χ0) is 15.8. The molecule has 118 valence electrons. The first-order valence-corrected chi connectivity index (χ1v) is 7.89. The second-order valence-electron chi connectivity index (χ2n) is 4.73. The molecule has 1 amide bonds. The van der Waals surface area contributed by atoms with Gasteiger partial charge >= 0.3 is 0 Å². The Morgan fingerprint density at radius 3 is 2.43 bits per heavy atom. The Morgan fingerprint density at radius 2 is 1.81 bits per heavy atom. The van der Waals surface area contributed by atoms with E-state index in [1.54, 1.807) is 13.0 Å². The number of amides is 1. The maximum Gasteiger partial charge on any atom is 0.242 e. The minimum atomic E-state index is -0.429. The highest BCUT2D eigenvalue weighted by Gasteiger charge is 2.16. The molecule has 1 heterocycles. The van der Waals surface area contributed by atoms with Crippen LogP contribution < -0.4 is 16.0 Å². The van der Waals surface area contributed by atoms with E-state index in [1.165, 1.54) is 0 Å². The lowest BCUT2D eigenvalue weighted by Gasteiger charge is -2.17. The molecule has 0 fully saturated rings. The minimum Gasteiger partial charge on any atom is -0.369 e. The van der Waals surface area contributed by atoms with Gasteiger partial charge in [0.15, 0.2) is 0 Å². The van der Waals surface area contributed by atoms with Crippen LogP contribution in [0.1, 0.15) is 33.6 Å². The van der Waals surface area contributed by atoms with Crippen LogP contribution >= 0.6 is 23.2 Å². The highest BCUT2D eigenvalue weighted by Crippen LogP contribution is 2.29. The molecule has 0 saturated carbocycles. The molecule has 3 N–H and O–H groups in total. The average Bonchev–Trinajstić information content (AvgIpc) is 2.46. The summed E-state index contributed by atoms with van der Waals surface area (Å²) in [5, 5.41) is 9.80. The third kappa shape index (κ3) is 5.59. The molecule has 1 unspecified atom stereocenters. The lowest BCUT2D eigenvalue weighted by atomic mass is 10.3. The first-order chi connectivity index (χ1) is 9.99. The fourth-order valence-corrected chi connectivity index (χ4v) is 2.09. The van der Waals surface area contributed by atoms with Crippen molar-refractivity contribution in [2.45, 2.75) is 39.7 Å². The smallest absolute Gasteiger partial charge is 0.242 e. The summed E-state index contributed by atoms with van der Waals surface area (Å²) < 4.78 is 0. The molecule has 0 radical (unpaired) electrons. The molecule has 0 aromatic carbocycles. The average molecular weight is 333 g/mol. The summed E-state index contributed by atoms with van der Waals surface area (Å²) in [5.41, 5.74) is 0. The van der Waals surface area contributed by atoms with Gasteiger partial charge in [-0.15, -0.1) is 0 Å². The van der Waals surface area contributed by atoms with Crippen LogP contribution in [-0.2, 0) is 4.79 Å². The second-order valence-corrected chi connectivity index (χ2v) is 5.55. The minimum absolute atomic E-state index is 0.0901. The van der Waals surface area contributed by atoms with Gasteiger partial charge in [0.05, 0.1) is 10.0 Å². The number of rotatable bonds is 8. The predicted molar refractivity (Wildman–Crippen MR) is 89.4 cm³/mol. The molecular formula is C14H22Cl2N4O. The number of hydrogen-bond donors (Lipinski definition) is 3. The van der Waals surface area contributed by atoms with Crippen LogP contribution in [0.15, 0.2) is 6.07 Å². The van der Waals surface area contributed by atoms with Crippen molar-refractivity contribution in [3.8, 4) is 0 Å². The summed E-state index contributed by atoms with van der Waals surface area (Å²) in [6, 6.07) is 1.19. The van der Waals surface area contributed by atoms with E-state index < -0.39 is 6.04 Å². The van der Waals surface area contributed by atoms with E-state index in [4.69, 9.17) is 23.2 Å². The van der Waals surface area contributed by atoms with Crippen molar-refractivity contribution in [3.63, 3.8) is 0 Å². The molecule has 1 atom stereocenters. The summed E-state index contributed by atoms with van der Waals surface area (Å²) in [7, 11) is 0. The molecule has 1 aromatic rings. The molecule has 0 saturated heterocycles. The summed E-state index contributed by atoms with van der Waals surface area (Å²) in [6.07, 6.45) is 1.85. The number of nitrogens with zero attached hydrogens (tertiary/aromatic N) is 1. The van der Waals surface area contributed by atoms with Crippen LogP contribution in [0.25, 0.3) is 0 Å². The Kier molecular flexibility index (Phi) is 7.61. The van der Waals surface area contributed by atoms with Gasteiger partial charge in [-0.05, 0) is 25.8 Å². The van der Waals surface area contributed by atoms with Crippen LogP contribution in [0.4, 0.5) is 11.6 Å². The third-order valence-electron chi connectivity index (χ3n) is 2.77. The first-order valence-electron chi connectivity index (χ1n) is 7.13. The van der Waals surface area contributed by atoms with Crippen molar-refractivity contribution in [1.82, 2.24) is 10.3 Å². The first kappa shape index (κ1) is 17.9. The van der Waals surface area contributed by atoms with Crippen molar-refractivity contribution in [2.24, 2.45) is 0 Å². The normalized spacial score (nSPS) is 11.9. The zero-order valence-electron chi connectivity index (χ0n) is 12.6. The second kappa shape index (κ2) is 8.95.